The number of ketones is 1. The lowest BCUT2D eigenvalue weighted by Gasteiger charge is -2.22. The Labute approximate surface area is 83.6 Å². The molecule has 1 N–H and O–H groups in total. The van der Waals surface area contributed by atoms with Crippen molar-refractivity contribution >= 4 is 5.78 Å². The maximum absolute atomic E-state index is 11.7. The van der Waals surface area contributed by atoms with Crippen molar-refractivity contribution in [2.75, 3.05) is 0 Å². The van der Waals surface area contributed by atoms with Crippen LogP contribution in [-0.2, 0) is 6.42 Å². The van der Waals surface area contributed by atoms with Crippen LogP contribution in [0.15, 0.2) is 12.1 Å². The van der Waals surface area contributed by atoms with Gasteiger partial charge in [-0.1, -0.05) is 13.0 Å². The van der Waals surface area contributed by atoms with Gasteiger partial charge in [0.15, 0.2) is 5.78 Å². The van der Waals surface area contributed by atoms with Crippen molar-refractivity contribution < 1.29 is 9.90 Å². The Hall–Kier alpha value is -1.31. The number of aryl methyl sites for hydroxylation is 1. The number of aromatic hydroxyl groups is 1. The Morgan fingerprint density at radius 1 is 1.36 bits per heavy atom. The van der Waals surface area contributed by atoms with Gasteiger partial charge in [-0.2, -0.15) is 0 Å². The van der Waals surface area contributed by atoms with Crippen LogP contribution in [0.25, 0.3) is 0 Å². The Kier molecular flexibility index (Phi) is 2.06. The molecule has 1 aromatic carbocycles. The molecule has 0 heterocycles. The second-order valence-corrected chi connectivity index (χ2v) is 4.19. The summed E-state index contributed by atoms with van der Waals surface area (Å²) >= 11 is 0. The highest BCUT2D eigenvalue weighted by Crippen LogP contribution is 2.33. The molecule has 2 nitrogen and oxygen atoms in total. The van der Waals surface area contributed by atoms with E-state index in [1.807, 2.05) is 13.0 Å². The first-order chi connectivity index (χ1) is 6.59. The van der Waals surface area contributed by atoms with Crippen LogP contribution < -0.4 is 0 Å². The lowest BCUT2D eigenvalue weighted by Crippen LogP contribution is -2.19. The van der Waals surface area contributed by atoms with E-state index in [-0.39, 0.29) is 11.5 Å². The largest absolute Gasteiger partial charge is 0.507 e. The summed E-state index contributed by atoms with van der Waals surface area (Å²) in [5, 5.41) is 9.62. The molecule has 2 rings (SSSR count). The van der Waals surface area contributed by atoms with Crippen LogP contribution >= 0.6 is 0 Å². The zero-order chi connectivity index (χ0) is 10.3. The molecule has 1 unspecified atom stereocenters. The molecule has 1 atom stereocenters. The minimum Gasteiger partial charge on any atom is -0.507 e. The van der Waals surface area contributed by atoms with Gasteiger partial charge in [0.1, 0.15) is 5.75 Å². The van der Waals surface area contributed by atoms with Crippen molar-refractivity contribution in [2.24, 2.45) is 5.92 Å². The third-order valence-corrected chi connectivity index (χ3v) is 2.89. The molecule has 0 radical (unpaired) electrons. The molecule has 0 bridgehead atoms. The van der Waals surface area contributed by atoms with Crippen molar-refractivity contribution in [3.8, 4) is 5.75 Å². The molecule has 74 valence electrons. The SMILES string of the molecule is Cc1ccc(O)c2c1CC(C)CC2=O. The van der Waals surface area contributed by atoms with Gasteiger partial charge < -0.3 is 5.11 Å². The summed E-state index contributed by atoms with van der Waals surface area (Å²) in [6, 6.07) is 3.49. The lowest BCUT2D eigenvalue weighted by atomic mass is 9.81. The molecule has 0 spiro atoms. The van der Waals surface area contributed by atoms with E-state index in [2.05, 4.69) is 6.92 Å². The molecule has 1 aliphatic rings. The summed E-state index contributed by atoms with van der Waals surface area (Å²) in [5.74, 6) is 0.623. The smallest absolute Gasteiger partial charge is 0.167 e. The molecule has 0 saturated heterocycles. The van der Waals surface area contributed by atoms with Gasteiger partial charge in [0.25, 0.3) is 0 Å². The molecule has 0 fully saturated rings. The van der Waals surface area contributed by atoms with Crippen LogP contribution in [0.1, 0.15) is 34.8 Å². The number of phenols is 1. The summed E-state index contributed by atoms with van der Waals surface area (Å²) in [6.07, 6.45) is 1.46. The summed E-state index contributed by atoms with van der Waals surface area (Å²) in [5.41, 5.74) is 2.70. The van der Waals surface area contributed by atoms with Gasteiger partial charge in [-0.15, -0.1) is 0 Å². The normalized spacial score (nSPS) is 20.7. The first-order valence-electron chi connectivity index (χ1n) is 4.94. The average molecular weight is 190 g/mol. The standard InChI is InChI=1S/C12H14O2/c1-7-5-9-8(2)3-4-10(13)12(9)11(14)6-7/h3-4,7,13H,5-6H2,1-2H3. The Morgan fingerprint density at radius 3 is 2.79 bits per heavy atom. The van der Waals surface area contributed by atoms with E-state index in [4.69, 9.17) is 0 Å². The summed E-state index contributed by atoms with van der Waals surface area (Å²) in [4.78, 5) is 11.7. The van der Waals surface area contributed by atoms with Gasteiger partial charge in [0, 0.05) is 6.42 Å². The topological polar surface area (TPSA) is 37.3 Å². The number of fused-ring (bicyclic) bond motifs is 1. The molecular formula is C12H14O2. The van der Waals surface area contributed by atoms with E-state index in [1.165, 1.54) is 0 Å². The van der Waals surface area contributed by atoms with Crippen LogP contribution in [0, 0.1) is 12.8 Å². The molecule has 0 aromatic heterocycles. The van der Waals surface area contributed by atoms with Gasteiger partial charge in [0.2, 0.25) is 0 Å². The summed E-state index contributed by atoms with van der Waals surface area (Å²) in [6.45, 7) is 4.06. The van der Waals surface area contributed by atoms with Gasteiger partial charge >= 0.3 is 0 Å². The van der Waals surface area contributed by atoms with Crippen molar-refractivity contribution in [3.05, 3.63) is 28.8 Å². The van der Waals surface area contributed by atoms with E-state index in [1.54, 1.807) is 6.07 Å². The predicted molar refractivity (Wildman–Crippen MR) is 54.7 cm³/mol. The van der Waals surface area contributed by atoms with Crippen LogP contribution in [0.5, 0.6) is 5.75 Å². The molecule has 2 heteroatoms. The minimum absolute atomic E-state index is 0.0833. The van der Waals surface area contributed by atoms with Gasteiger partial charge in [-0.3, -0.25) is 4.79 Å². The van der Waals surface area contributed by atoms with Crippen LogP contribution in [0.4, 0.5) is 0 Å². The molecule has 0 saturated carbocycles. The lowest BCUT2D eigenvalue weighted by molar-refractivity contribution is 0.0950. The molecule has 14 heavy (non-hydrogen) atoms. The zero-order valence-electron chi connectivity index (χ0n) is 8.50. The number of Topliss-reactive ketones (excluding diaryl/α,β-unsaturated/α-hetero) is 1. The molecule has 1 aliphatic carbocycles. The number of carbonyl (C=O) groups excluding carboxylic acids is 1. The van der Waals surface area contributed by atoms with E-state index in [9.17, 15) is 9.90 Å². The van der Waals surface area contributed by atoms with E-state index in [0.29, 0.717) is 17.9 Å². The zero-order valence-corrected chi connectivity index (χ0v) is 8.50. The highest BCUT2D eigenvalue weighted by molar-refractivity contribution is 6.01. The average Bonchev–Trinajstić information content (AvgIpc) is 2.10. The maximum atomic E-state index is 11.7. The number of hydrogen-bond donors (Lipinski definition) is 1. The number of carbonyl (C=O) groups is 1. The fourth-order valence-corrected chi connectivity index (χ4v) is 2.15. The van der Waals surface area contributed by atoms with Gasteiger partial charge in [-0.25, -0.2) is 0 Å². The van der Waals surface area contributed by atoms with E-state index < -0.39 is 0 Å². The second kappa shape index (κ2) is 3.12. The second-order valence-electron chi connectivity index (χ2n) is 4.19. The number of benzene rings is 1. The van der Waals surface area contributed by atoms with Crippen molar-refractivity contribution in [2.45, 2.75) is 26.7 Å². The quantitative estimate of drug-likeness (QED) is 0.682. The van der Waals surface area contributed by atoms with Crippen LogP contribution in [0.2, 0.25) is 0 Å². The monoisotopic (exact) mass is 190 g/mol. The molecule has 0 amide bonds. The maximum Gasteiger partial charge on any atom is 0.167 e. The highest BCUT2D eigenvalue weighted by atomic mass is 16.3. The number of rotatable bonds is 0. The fourth-order valence-electron chi connectivity index (χ4n) is 2.15. The fraction of sp³-hybridized carbons (Fsp3) is 0.417. The molecule has 0 aliphatic heterocycles. The number of hydrogen-bond acceptors (Lipinski definition) is 2. The van der Waals surface area contributed by atoms with Crippen LogP contribution in [-0.4, -0.2) is 10.9 Å². The van der Waals surface area contributed by atoms with Gasteiger partial charge in [-0.05, 0) is 36.5 Å². The Bertz CT molecular complexity index is 394. The summed E-state index contributed by atoms with van der Waals surface area (Å²) < 4.78 is 0. The first-order valence-corrected chi connectivity index (χ1v) is 4.94. The highest BCUT2D eigenvalue weighted by Gasteiger charge is 2.26. The Morgan fingerprint density at radius 2 is 2.07 bits per heavy atom. The van der Waals surface area contributed by atoms with E-state index in [0.717, 1.165) is 17.5 Å². The molecular weight excluding hydrogens is 176 g/mol. The predicted octanol–water partition coefficient (Wildman–Crippen LogP) is 2.47. The number of phenolic OH excluding ortho intramolecular Hbond substituents is 1. The molecule has 1 aromatic rings. The third kappa shape index (κ3) is 1.31. The van der Waals surface area contributed by atoms with Crippen molar-refractivity contribution in [1.82, 2.24) is 0 Å². The Balaban J connectivity index is 2.63. The first kappa shape index (κ1) is 9.25. The summed E-state index contributed by atoms with van der Waals surface area (Å²) in [7, 11) is 0. The van der Waals surface area contributed by atoms with Crippen molar-refractivity contribution in [3.63, 3.8) is 0 Å². The van der Waals surface area contributed by atoms with Crippen molar-refractivity contribution in [1.29, 1.82) is 0 Å². The minimum atomic E-state index is 0.0833. The van der Waals surface area contributed by atoms with Gasteiger partial charge in [0.05, 0.1) is 5.56 Å². The van der Waals surface area contributed by atoms with E-state index >= 15 is 0 Å². The third-order valence-electron chi connectivity index (χ3n) is 2.89. The van der Waals surface area contributed by atoms with Crippen LogP contribution in [0.3, 0.4) is 0 Å².